The van der Waals surface area contributed by atoms with Crippen LogP contribution in [-0.4, -0.2) is 17.0 Å². The minimum Gasteiger partial charge on any atom is -0.478 e. The number of carboxylic acid groups (broad SMARTS) is 1. The van der Waals surface area contributed by atoms with E-state index >= 15 is 0 Å². The molecule has 1 amide bonds. The quantitative estimate of drug-likeness (QED) is 0.429. The minimum absolute atomic E-state index is 0.209. The van der Waals surface area contributed by atoms with E-state index in [1.807, 2.05) is 20.8 Å². The molecule has 0 aliphatic heterocycles. The molecule has 2 N–H and O–H groups in total. The molecule has 174 valence electrons. The van der Waals surface area contributed by atoms with Gasteiger partial charge in [0.2, 0.25) is 0 Å². The van der Waals surface area contributed by atoms with Crippen LogP contribution in [0.25, 0.3) is 0 Å². The highest BCUT2D eigenvalue weighted by atomic mass is 32.1. The monoisotopic (exact) mass is 475 g/mol. The van der Waals surface area contributed by atoms with Gasteiger partial charge in [-0.2, -0.15) is 13.2 Å². The smallest absolute Gasteiger partial charge is 0.416 e. The number of carbonyl (C=O) groups is 2. The summed E-state index contributed by atoms with van der Waals surface area (Å²) in [5, 5.41) is 12.2. The topological polar surface area (TPSA) is 66.4 Å². The molecule has 0 aliphatic rings. The van der Waals surface area contributed by atoms with Gasteiger partial charge in [0.05, 0.1) is 22.7 Å². The third-order valence-corrected chi connectivity index (χ3v) is 6.67. The van der Waals surface area contributed by atoms with Crippen molar-refractivity contribution in [2.75, 3.05) is 0 Å². The second-order valence-electron chi connectivity index (χ2n) is 8.01. The number of hydrogen-bond acceptors (Lipinski definition) is 3. The molecule has 0 radical (unpaired) electrons. The average Bonchev–Trinajstić information content (AvgIpc) is 3.00. The molecule has 1 atom stereocenters. The molecule has 33 heavy (non-hydrogen) atoms. The van der Waals surface area contributed by atoms with Crippen molar-refractivity contribution in [2.24, 2.45) is 0 Å². The molecule has 2 aromatic carbocycles. The highest BCUT2D eigenvalue weighted by molar-refractivity contribution is 7.12. The molecule has 1 aromatic heterocycles. The van der Waals surface area contributed by atoms with Gasteiger partial charge in [0.15, 0.2) is 0 Å². The van der Waals surface area contributed by atoms with Crippen molar-refractivity contribution < 1.29 is 27.9 Å². The summed E-state index contributed by atoms with van der Waals surface area (Å²) < 4.78 is 38.6. The van der Waals surface area contributed by atoms with Crippen molar-refractivity contribution in [3.63, 3.8) is 0 Å². The van der Waals surface area contributed by atoms with Crippen LogP contribution in [-0.2, 0) is 12.6 Å². The zero-order valence-corrected chi connectivity index (χ0v) is 19.4. The lowest BCUT2D eigenvalue weighted by molar-refractivity contribution is -0.137. The van der Waals surface area contributed by atoms with E-state index in [4.69, 9.17) is 0 Å². The largest absolute Gasteiger partial charge is 0.478 e. The molecule has 1 heterocycles. The van der Waals surface area contributed by atoms with Gasteiger partial charge >= 0.3 is 12.1 Å². The highest BCUT2D eigenvalue weighted by Gasteiger charge is 2.30. The van der Waals surface area contributed by atoms with Crippen molar-refractivity contribution in [3.05, 3.63) is 91.2 Å². The summed E-state index contributed by atoms with van der Waals surface area (Å²) in [6.45, 7) is 7.26. The molecule has 0 saturated carbocycles. The summed E-state index contributed by atoms with van der Waals surface area (Å²) in [7, 11) is 0. The Labute approximate surface area is 194 Å². The number of carboxylic acids is 1. The Morgan fingerprint density at radius 2 is 1.67 bits per heavy atom. The normalized spacial score (nSPS) is 12.5. The number of thiophene rings is 1. The van der Waals surface area contributed by atoms with Gasteiger partial charge in [-0.1, -0.05) is 24.3 Å². The fraction of sp³-hybridized carbons (Fsp3) is 0.280. The van der Waals surface area contributed by atoms with E-state index in [-0.39, 0.29) is 17.5 Å². The molecule has 0 fully saturated rings. The molecular formula is C25H24F3NO3S. The number of hydrogen-bond donors (Lipinski definition) is 2. The molecule has 8 heteroatoms. The Hall–Kier alpha value is -3.13. The predicted octanol–water partition coefficient (Wildman–Crippen LogP) is 6.47. The third kappa shape index (κ3) is 5.45. The van der Waals surface area contributed by atoms with E-state index in [0.717, 1.165) is 33.0 Å². The summed E-state index contributed by atoms with van der Waals surface area (Å²) in [5.74, 6) is -1.28. The standard InChI is InChI=1S/C25H24F3NO3S/c1-13-11-18(7-10-20(13)24(31)32)14(2)29-23(30)22-16(4)33-15(3)21(22)12-17-5-8-19(9-6-17)25(26,27)28/h5-11,14H,12H2,1-4H3,(H,29,30)(H,31,32)/t14-/m0/s1. The van der Waals surface area contributed by atoms with Crippen molar-refractivity contribution in [1.29, 1.82) is 0 Å². The third-order valence-electron chi connectivity index (χ3n) is 5.60. The lowest BCUT2D eigenvalue weighted by atomic mass is 9.98. The van der Waals surface area contributed by atoms with Crippen molar-refractivity contribution in [1.82, 2.24) is 5.32 Å². The number of halogens is 3. The van der Waals surface area contributed by atoms with Crippen LogP contribution in [0.15, 0.2) is 42.5 Å². The molecule has 0 unspecified atom stereocenters. The van der Waals surface area contributed by atoms with Gasteiger partial charge in [0.1, 0.15) is 0 Å². The van der Waals surface area contributed by atoms with E-state index in [9.17, 15) is 27.9 Å². The number of aromatic carboxylic acids is 1. The van der Waals surface area contributed by atoms with E-state index in [1.54, 1.807) is 19.1 Å². The Morgan fingerprint density at radius 1 is 1.03 bits per heavy atom. The van der Waals surface area contributed by atoms with E-state index in [2.05, 4.69) is 5.32 Å². The van der Waals surface area contributed by atoms with Gasteiger partial charge in [0.25, 0.3) is 5.91 Å². The lowest BCUT2D eigenvalue weighted by Gasteiger charge is -2.17. The van der Waals surface area contributed by atoms with Gasteiger partial charge in [-0.15, -0.1) is 11.3 Å². The maximum atomic E-state index is 13.2. The Kier molecular flexibility index (Phi) is 6.97. The molecule has 3 aromatic rings. The van der Waals surface area contributed by atoms with Crippen LogP contribution in [0.3, 0.4) is 0 Å². The lowest BCUT2D eigenvalue weighted by Crippen LogP contribution is -2.28. The number of aryl methyl sites for hydroxylation is 3. The number of rotatable bonds is 6. The summed E-state index contributed by atoms with van der Waals surface area (Å²) in [5.41, 5.74) is 2.89. The van der Waals surface area contributed by atoms with E-state index in [1.165, 1.54) is 29.5 Å². The van der Waals surface area contributed by atoms with Crippen molar-refractivity contribution >= 4 is 23.2 Å². The average molecular weight is 476 g/mol. The number of alkyl halides is 3. The van der Waals surface area contributed by atoms with E-state index < -0.39 is 17.7 Å². The molecule has 0 bridgehead atoms. The fourth-order valence-corrected chi connectivity index (χ4v) is 4.88. The van der Waals surface area contributed by atoms with Crippen LogP contribution in [0.1, 0.15) is 71.3 Å². The Morgan fingerprint density at radius 3 is 2.21 bits per heavy atom. The minimum atomic E-state index is -4.39. The van der Waals surface area contributed by atoms with Gasteiger partial charge in [0, 0.05) is 9.75 Å². The summed E-state index contributed by atoms with van der Waals surface area (Å²) >= 11 is 1.48. The Balaban J connectivity index is 1.83. The Bertz CT molecular complexity index is 1200. The van der Waals surface area contributed by atoms with Crippen molar-refractivity contribution in [2.45, 2.75) is 46.3 Å². The molecular weight excluding hydrogens is 451 g/mol. The SMILES string of the molecule is Cc1cc([C@H](C)NC(=O)c2c(C)sc(C)c2Cc2ccc(C(F)(F)F)cc2)ccc1C(=O)O. The van der Waals surface area contributed by atoms with Crippen LogP contribution in [0.4, 0.5) is 13.2 Å². The van der Waals surface area contributed by atoms with Crippen LogP contribution < -0.4 is 5.32 Å². The van der Waals surface area contributed by atoms with Crippen LogP contribution in [0.5, 0.6) is 0 Å². The second kappa shape index (κ2) is 9.39. The maximum Gasteiger partial charge on any atom is 0.416 e. The van der Waals surface area contributed by atoms with Crippen LogP contribution >= 0.6 is 11.3 Å². The first-order valence-corrected chi connectivity index (χ1v) is 11.1. The second-order valence-corrected chi connectivity index (χ2v) is 9.44. The predicted molar refractivity (Wildman–Crippen MR) is 122 cm³/mol. The molecule has 0 spiro atoms. The first-order valence-electron chi connectivity index (χ1n) is 10.3. The zero-order chi connectivity index (χ0) is 24.5. The molecule has 0 saturated heterocycles. The fourth-order valence-electron chi connectivity index (χ4n) is 3.80. The van der Waals surface area contributed by atoms with Gasteiger partial charge in [-0.05, 0) is 74.6 Å². The summed E-state index contributed by atoms with van der Waals surface area (Å²) in [4.78, 5) is 26.2. The van der Waals surface area contributed by atoms with E-state index in [0.29, 0.717) is 23.1 Å². The van der Waals surface area contributed by atoms with Gasteiger partial charge in [-0.25, -0.2) is 4.79 Å². The first kappa shape index (κ1) is 24.5. The molecule has 0 aliphatic carbocycles. The van der Waals surface area contributed by atoms with Crippen molar-refractivity contribution in [3.8, 4) is 0 Å². The number of amides is 1. The number of nitrogens with one attached hydrogen (secondary N) is 1. The van der Waals surface area contributed by atoms with Gasteiger partial charge in [-0.3, -0.25) is 4.79 Å². The maximum absolute atomic E-state index is 13.2. The first-order chi connectivity index (χ1) is 15.4. The van der Waals surface area contributed by atoms with Crippen LogP contribution in [0.2, 0.25) is 0 Å². The summed E-state index contributed by atoms with van der Waals surface area (Å²) in [6.07, 6.45) is -4.05. The number of carbonyl (C=O) groups excluding carboxylic acids is 1. The number of benzene rings is 2. The summed E-state index contributed by atoms with van der Waals surface area (Å²) in [6, 6.07) is 9.55. The highest BCUT2D eigenvalue weighted by Crippen LogP contribution is 2.32. The molecule has 4 nitrogen and oxygen atoms in total. The zero-order valence-electron chi connectivity index (χ0n) is 18.6. The molecule has 3 rings (SSSR count). The van der Waals surface area contributed by atoms with Crippen LogP contribution in [0, 0.1) is 20.8 Å². The van der Waals surface area contributed by atoms with Gasteiger partial charge < -0.3 is 10.4 Å².